The van der Waals surface area contributed by atoms with Gasteiger partial charge in [0.25, 0.3) is 11.8 Å². The molecule has 2 heterocycles. The van der Waals surface area contributed by atoms with E-state index in [0.29, 0.717) is 17.9 Å². The van der Waals surface area contributed by atoms with Gasteiger partial charge in [0.1, 0.15) is 5.69 Å². The van der Waals surface area contributed by atoms with Gasteiger partial charge in [-0.15, -0.1) is 0 Å². The smallest absolute Gasteiger partial charge is 0.291 e. The number of nitrogens with one attached hydrogen (secondary N) is 2. The Labute approximate surface area is 159 Å². The molecule has 26 heavy (non-hydrogen) atoms. The molecule has 0 aliphatic heterocycles. The van der Waals surface area contributed by atoms with Gasteiger partial charge in [-0.3, -0.25) is 9.59 Å². The molecule has 2 aromatic heterocycles. The number of benzene rings is 1. The Morgan fingerprint density at radius 3 is 2.58 bits per heavy atom. The summed E-state index contributed by atoms with van der Waals surface area (Å²) < 4.78 is 7.81. The molecule has 2 N–H and O–H groups in total. The molecule has 0 bridgehead atoms. The van der Waals surface area contributed by atoms with Crippen molar-refractivity contribution >= 4 is 33.4 Å². The molecule has 134 valence electrons. The number of hydrogen-bond donors (Lipinski definition) is 2. The summed E-state index contributed by atoms with van der Waals surface area (Å²) in [6.45, 7) is 3.11. The van der Waals surface area contributed by atoms with E-state index in [0.717, 1.165) is 16.6 Å². The van der Waals surface area contributed by atoms with Crippen LogP contribution in [-0.4, -0.2) is 16.4 Å². The molecule has 7 heteroatoms. The van der Waals surface area contributed by atoms with E-state index >= 15 is 0 Å². The summed E-state index contributed by atoms with van der Waals surface area (Å²) in [5, 5.41) is 5.65. The molecule has 0 unspecified atom stereocenters. The van der Waals surface area contributed by atoms with E-state index in [4.69, 9.17) is 4.42 Å². The third kappa shape index (κ3) is 4.23. The fraction of sp³-hybridized carbons (Fsp3) is 0.158. The zero-order valence-corrected chi connectivity index (χ0v) is 15.7. The van der Waals surface area contributed by atoms with E-state index in [1.165, 1.54) is 6.26 Å². The third-order valence-electron chi connectivity index (χ3n) is 3.85. The second-order valence-electron chi connectivity index (χ2n) is 5.64. The topological polar surface area (TPSA) is 76.3 Å². The average molecular weight is 416 g/mol. The highest BCUT2D eigenvalue weighted by atomic mass is 79.9. The van der Waals surface area contributed by atoms with Crippen molar-refractivity contribution in [2.24, 2.45) is 0 Å². The number of carbonyl (C=O) groups excluding carboxylic acids is 2. The fourth-order valence-electron chi connectivity index (χ4n) is 2.51. The van der Waals surface area contributed by atoms with Gasteiger partial charge in [0.15, 0.2) is 5.76 Å². The number of rotatable bonds is 6. The molecule has 0 atom stereocenters. The summed E-state index contributed by atoms with van der Waals surface area (Å²) in [6.07, 6.45) is 3.33. The number of aryl methyl sites for hydroxylation is 1. The van der Waals surface area contributed by atoms with Crippen LogP contribution in [0.5, 0.6) is 0 Å². The first-order valence-corrected chi connectivity index (χ1v) is 8.94. The minimum atomic E-state index is -0.304. The summed E-state index contributed by atoms with van der Waals surface area (Å²) in [5.41, 5.74) is 2.20. The SMILES string of the molecule is CCn1cc(Br)cc1C(=O)NCc1ccc(NC(=O)c2ccco2)cc1. The first-order valence-electron chi connectivity index (χ1n) is 8.14. The summed E-state index contributed by atoms with van der Waals surface area (Å²) in [7, 11) is 0. The Kier molecular flexibility index (Phi) is 5.58. The molecule has 2 amide bonds. The lowest BCUT2D eigenvalue weighted by atomic mass is 10.2. The van der Waals surface area contributed by atoms with E-state index in [1.807, 2.05) is 29.8 Å². The molecular formula is C19H18BrN3O3. The van der Waals surface area contributed by atoms with E-state index in [2.05, 4.69) is 26.6 Å². The number of carbonyl (C=O) groups is 2. The van der Waals surface area contributed by atoms with Gasteiger partial charge in [0.05, 0.1) is 6.26 Å². The molecule has 0 radical (unpaired) electrons. The van der Waals surface area contributed by atoms with Crippen molar-refractivity contribution < 1.29 is 14.0 Å². The van der Waals surface area contributed by atoms with E-state index in [1.54, 1.807) is 30.3 Å². The van der Waals surface area contributed by atoms with Crippen molar-refractivity contribution in [1.29, 1.82) is 0 Å². The summed E-state index contributed by atoms with van der Waals surface area (Å²) >= 11 is 3.39. The van der Waals surface area contributed by atoms with Crippen molar-refractivity contribution in [2.45, 2.75) is 20.0 Å². The Bertz CT molecular complexity index is 899. The van der Waals surface area contributed by atoms with E-state index in [-0.39, 0.29) is 17.6 Å². The van der Waals surface area contributed by atoms with Crippen LogP contribution in [0, 0.1) is 0 Å². The lowest BCUT2D eigenvalue weighted by Crippen LogP contribution is -2.25. The highest BCUT2D eigenvalue weighted by molar-refractivity contribution is 9.10. The number of aromatic nitrogens is 1. The highest BCUT2D eigenvalue weighted by Crippen LogP contribution is 2.16. The molecule has 1 aromatic carbocycles. The van der Waals surface area contributed by atoms with Crippen LogP contribution < -0.4 is 10.6 Å². The van der Waals surface area contributed by atoms with Crippen LogP contribution in [0.15, 0.2) is 63.8 Å². The van der Waals surface area contributed by atoms with E-state index < -0.39 is 0 Å². The largest absolute Gasteiger partial charge is 0.459 e. The number of halogens is 1. The maximum Gasteiger partial charge on any atom is 0.291 e. The molecule has 0 spiro atoms. The summed E-state index contributed by atoms with van der Waals surface area (Å²) in [6, 6.07) is 12.3. The number of amides is 2. The Morgan fingerprint density at radius 1 is 1.15 bits per heavy atom. The van der Waals surface area contributed by atoms with Crippen LogP contribution in [0.2, 0.25) is 0 Å². The molecule has 0 saturated heterocycles. The lowest BCUT2D eigenvalue weighted by molar-refractivity contribution is 0.0941. The predicted molar refractivity (Wildman–Crippen MR) is 102 cm³/mol. The van der Waals surface area contributed by atoms with Gasteiger partial charge in [0.2, 0.25) is 0 Å². The maximum absolute atomic E-state index is 12.3. The van der Waals surface area contributed by atoms with Crippen molar-refractivity contribution in [3.8, 4) is 0 Å². The molecule has 0 fully saturated rings. The molecular weight excluding hydrogens is 398 g/mol. The number of nitrogens with zero attached hydrogens (tertiary/aromatic N) is 1. The summed E-state index contributed by atoms with van der Waals surface area (Å²) in [4.78, 5) is 24.3. The lowest BCUT2D eigenvalue weighted by Gasteiger charge is -2.09. The fourth-order valence-corrected chi connectivity index (χ4v) is 2.97. The van der Waals surface area contributed by atoms with Crippen LogP contribution in [0.1, 0.15) is 33.5 Å². The van der Waals surface area contributed by atoms with Crippen molar-refractivity contribution in [1.82, 2.24) is 9.88 Å². The molecule has 3 rings (SSSR count). The number of furan rings is 1. The standard InChI is InChI=1S/C19H18BrN3O3/c1-2-23-12-14(20)10-16(23)18(24)21-11-13-5-7-15(8-6-13)22-19(25)17-4-3-9-26-17/h3-10,12H,2,11H2,1H3,(H,21,24)(H,22,25). The van der Waals surface area contributed by atoms with Gasteiger partial charge in [0, 0.05) is 29.4 Å². The third-order valence-corrected chi connectivity index (χ3v) is 4.28. The van der Waals surface area contributed by atoms with Gasteiger partial charge in [-0.1, -0.05) is 12.1 Å². The first-order chi connectivity index (χ1) is 12.6. The van der Waals surface area contributed by atoms with Gasteiger partial charge in [-0.05, 0) is 58.7 Å². The number of anilines is 1. The predicted octanol–water partition coefficient (Wildman–Crippen LogP) is 4.05. The van der Waals surface area contributed by atoms with Crippen molar-refractivity contribution in [2.75, 3.05) is 5.32 Å². The maximum atomic E-state index is 12.3. The van der Waals surface area contributed by atoms with Crippen molar-refractivity contribution in [3.63, 3.8) is 0 Å². The quantitative estimate of drug-likeness (QED) is 0.637. The second-order valence-corrected chi connectivity index (χ2v) is 6.56. The molecule has 0 aliphatic carbocycles. The van der Waals surface area contributed by atoms with Crippen LogP contribution in [0.25, 0.3) is 0 Å². The van der Waals surface area contributed by atoms with E-state index in [9.17, 15) is 9.59 Å². The van der Waals surface area contributed by atoms with Gasteiger partial charge in [-0.2, -0.15) is 0 Å². The minimum absolute atomic E-state index is 0.132. The second kappa shape index (κ2) is 8.05. The Hall–Kier alpha value is -2.80. The summed E-state index contributed by atoms with van der Waals surface area (Å²) in [5.74, 6) is -0.180. The first kappa shape index (κ1) is 18.0. The van der Waals surface area contributed by atoms with Crippen LogP contribution in [0.4, 0.5) is 5.69 Å². The van der Waals surface area contributed by atoms with Crippen LogP contribution in [-0.2, 0) is 13.1 Å². The zero-order chi connectivity index (χ0) is 18.5. The normalized spacial score (nSPS) is 10.5. The van der Waals surface area contributed by atoms with Gasteiger partial charge in [-0.25, -0.2) is 0 Å². The molecule has 0 saturated carbocycles. The highest BCUT2D eigenvalue weighted by Gasteiger charge is 2.12. The molecule has 6 nitrogen and oxygen atoms in total. The molecule has 0 aliphatic rings. The van der Waals surface area contributed by atoms with Gasteiger partial charge >= 0.3 is 0 Å². The zero-order valence-electron chi connectivity index (χ0n) is 14.2. The molecule has 3 aromatic rings. The monoisotopic (exact) mass is 415 g/mol. The Morgan fingerprint density at radius 2 is 1.92 bits per heavy atom. The van der Waals surface area contributed by atoms with Gasteiger partial charge < -0.3 is 19.6 Å². The van der Waals surface area contributed by atoms with Crippen LogP contribution in [0.3, 0.4) is 0 Å². The van der Waals surface area contributed by atoms with Crippen molar-refractivity contribution in [3.05, 3.63) is 76.4 Å². The Balaban J connectivity index is 1.57. The average Bonchev–Trinajstić information content (AvgIpc) is 3.30. The van der Waals surface area contributed by atoms with Crippen LogP contribution >= 0.6 is 15.9 Å². The minimum Gasteiger partial charge on any atom is -0.459 e. The number of hydrogen-bond acceptors (Lipinski definition) is 3.